The summed E-state index contributed by atoms with van der Waals surface area (Å²) in [5, 5.41) is 22.5. The number of azo groups is 2. The van der Waals surface area contributed by atoms with Gasteiger partial charge in [0.2, 0.25) is 12.1 Å². The number of carbonyl (C=O) groups excluding carboxylic acids is 4. The molecule has 0 saturated heterocycles. The maximum Gasteiger partial charge on any atom is 0.258 e. The minimum absolute atomic E-state index is 0.112. The van der Waals surface area contributed by atoms with Crippen molar-refractivity contribution >= 4 is 69.3 Å². The lowest BCUT2D eigenvalue weighted by Crippen LogP contribution is -2.32. The molecule has 0 aliphatic rings. The third-order valence-corrected chi connectivity index (χ3v) is 9.12. The zero-order valence-corrected chi connectivity index (χ0v) is 31.6. The average Bonchev–Trinajstić information content (AvgIpc) is 3.12. The molecule has 2 amide bonds. The molecule has 0 aromatic heterocycles. The van der Waals surface area contributed by atoms with Crippen LogP contribution in [0.2, 0.25) is 10.0 Å². The van der Waals surface area contributed by atoms with Gasteiger partial charge < -0.3 is 10.6 Å². The largest absolute Gasteiger partial charge is 0.323 e. The van der Waals surface area contributed by atoms with Gasteiger partial charge in [-0.15, -0.1) is 0 Å². The summed E-state index contributed by atoms with van der Waals surface area (Å²) in [5.41, 5.74) is 7.16. The number of carbonyl (C=O) groups is 4. The molecule has 0 bridgehead atoms. The fourth-order valence-electron chi connectivity index (χ4n) is 5.61. The summed E-state index contributed by atoms with van der Waals surface area (Å²) < 4.78 is 0. The molecular formula is C40H42Cl2N6O4. The van der Waals surface area contributed by atoms with Crippen LogP contribution in [-0.2, 0) is 44.9 Å². The van der Waals surface area contributed by atoms with Crippen LogP contribution in [0.1, 0.15) is 63.8 Å². The number of hydrogen-bond donors (Lipinski definition) is 2. The zero-order chi connectivity index (χ0) is 37.9. The van der Waals surface area contributed by atoms with Crippen LogP contribution in [0.15, 0.2) is 93.3 Å². The highest BCUT2D eigenvalue weighted by molar-refractivity contribution is 6.39. The molecule has 2 N–H and O–H groups in total. The third kappa shape index (κ3) is 9.63. The van der Waals surface area contributed by atoms with Gasteiger partial charge in [0.25, 0.3) is 11.8 Å². The molecule has 0 aliphatic heterocycles. The Labute approximate surface area is 314 Å². The van der Waals surface area contributed by atoms with Gasteiger partial charge in [0.05, 0.1) is 15.7 Å². The first-order valence-corrected chi connectivity index (χ1v) is 17.9. The lowest BCUT2D eigenvalue weighted by atomic mass is 10.0. The molecule has 0 heterocycles. The van der Waals surface area contributed by atoms with Crippen molar-refractivity contribution in [3.63, 3.8) is 0 Å². The Balaban J connectivity index is 1.50. The fraction of sp³-hybridized carbons (Fsp3) is 0.300. The van der Waals surface area contributed by atoms with E-state index in [9.17, 15) is 19.2 Å². The second-order valence-electron chi connectivity index (χ2n) is 12.1. The summed E-state index contributed by atoms with van der Waals surface area (Å²) in [7, 11) is 0. The Morgan fingerprint density at radius 3 is 1.33 bits per heavy atom. The van der Waals surface area contributed by atoms with Crippen LogP contribution in [0.25, 0.3) is 11.1 Å². The van der Waals surface area contributed by atoms with E-state index in [1.54, 1.807) is 36.4 Å². The quantitative estimate of drug-likeness (QED) is 0.0924. The second kappa shape index (κ2) is 18.4. The molecule has 2 atom stereocenters. The summed E-state index contributed by atoms with van der Waals surface area (Å²) in [4.78, 5) is 51.3. The number of halogens is 2. The number of nitrogens with one attached hydrogen (secondary N) is 2. The van der Waals surface area contributed by atoms with E-state index >= 15 is 0 Å². The van der Waals surface area contributed by atoms with Crippen LogP contribution in [0.4, 0.5) is 22.7 Å². The van der Waals surface area contributed by atoms with Gasteiger partial charge in [0.1, 0.15) is 5.69 Å². The van der Waals surface area contributed by atoms with E-state index in [-0.39, 0.29) is 15.7 Å². The van der Waals surface area contributed by atoms with Crippen molar-refractivity contribution in [2.75, 3.05) is 10.6 Å². The smallest absolute Gasteiger partial charge is 0.258 e. The number of anilines is 2. The molecule has 52 heavy (non-hydrogen) atoms. The number of rotatable bonds is 15. The van der Waals surface area contributed by atoms with Crippen LogP contribution in [0.5, 0.6) is 0 Å². The van der Waals surface area contributed by atoms with Gasteiger partial charge in [-0.2, -0.15) is 20.5 Å². The van der Waals surface area contributed by atoms with Crippen molar-refractivity contribution in [1.82, 2.24) is 0 Å². The molecule has 0 aliphatic carbocycles. The van der Waals surface area contributed by atoms with Crippen molar-refractivity contribution in [2.24, 2.45) is 20.5 Å². The summed E-state index contributed by atoms with van der Waals surface area (Å²) in [5.74, 6) is -2.07. The van der Waals surface area contributed by atoms with Crippen LogP contribution >= 0.6 is 23.2 Å². The summed E-state index contributed by atoms with van der Waals surface area (Å²) in [6.45, 7) is 10.6. The van der Waals surface area contributed by atoms with Crippen molar-refractivity contribution in [3.8, 4) is 11.1 Å². The molecule has 4 rings (SSSR count). The molecule has 10 nitrogen and oxygen atoms in total. The van der Waals surface area contributed by atoms with E-state index in [2.05, 4.69) is 31.1 Å². The van der Waals surface area contributed by atoms with Crippen LogP contribution in [0.3, 0.4) is 0 Å². The lowest BCUT2D eigenvalue weighted by Gasteiger charge is -2.16. The Bertz CT molecular complexity index is 1960. The van der Waals surface area contributed by atoms with Gasteiger partial charge in [0.15, 0.2) is 11.6 Å². The Kier molecular flexibility index (Phi) is 14.1. The van der Waals surface area contributed by atoms with Crippen LogP contribution in [0, 0.1) is 0 Å². The molecule has 12 heteroatoms. The second-order valence-corrected chi connectivity index (χ2v) is 12.9. The number of aryl methyl sites for hydroxylation is 4. The summed E-state index contributed by atoms with van der Waals surface area (Å²) in [6.07, 6.45) is 2.85. The fourth-order valence-corrected chi connectivity index (χ4v) is 6.18. The van der Waals surface area contributed by atoms with Gasteiger partial charge >= 0.3 is 0 Å². The van der Waals surface area contributed by atoms with Gasteiger partial charge in [-0.05, 0) is 97.2 Å². The maximum absolute atomic E-state index is 13.2. The first-order valence-electron chi connectivity index (χ1n) is 17.2. The molecule has 270 valence electrons. The van der Waals surface area contributed by atoms with Crippen molar-refractivity contribution in [3.05, 3.63) is 105 Å². The lowest BCUT2D eigenvalue weighted by molar-refractivity contribution is -0.127. The number of para-hydroxylation sites is 2. The SMILES string of the molecule is CCc1cccc(CC)c1NC(=O)C(N=Nc1ccc(-c2cc(Cl)c(N=NC(C(C)=O)C(=O)Nc3c(CC)cccc3CC)c(Cl)c2)cc1)C(C)=O. The van der Waals surface area contributed by atoms with E-state index in [1.165, 1.54) is 13.8 Å². The van der Waals surface area contributed by atoms with E-state index in [1.807, 2.05) is 64.1 Å². The number of nitrogens with zero attached hydrogens (tertiary/aromatic N) is 4. The van der Waals surface area contributed by atoms with E-state index < -0.39 is 35.5 Å². The molecule has 0 saturated carbocycles. The van der Waals surface area contributed by atoms with E-state index in [4.69, 9.17) is 23.2 Å². The van der Waals surface area contributed by atoms with Crippen LogP contribution < -0.4 is 10.6 Å². The Morgan fingerprint density at radius 1 is 0.577 bits per heavy atom. The Morgan fingerprint density at radius 2 is 0.962 bits per heavy atom. The molecule has 0 spiro atoms. The third-order valence-electron chi connectivity index (χ3n) is 8.54. The highest BCUT2D eigenvalue weighted by Gasteiger charge is 2.26. The van der Waals surface area contributed by atoms with Crippen molar-refractivity contribution in [1.29, 1.82) is 0 Å². The van der Waals surface area contributed by atoms with Gasteiger partial charge in [-0.3, -0.25) is 19.2 Å². The van der Waals surface area contributed by atoms with Crippen LogP contribution in [-0.4, -0.2) is 35.5 Å². The summed E-state index contributed by atoms with van der Waals surface area (Å²) >= 11 is 13.2. The highest BCUT2D eigenvalue weighted by atomic mass is 35.5. The number of hydrogen-bond acceptors (Lipinski definition) is 8. The minimum atomic E-state index is -1.40. The average molecular weight is 742 g/mol. The predicted molar refractivity (Wildman–Crippen MR) is 208 cm³/mol. The standard InChI is InChI=1S/C40H42Cl2N6O4/c1-7-25-13-11-14-26(8-2)36(25)43-39(51)34(23(5)49)46-45-31-19-17-29(18-20-31)30-21-32(41)38(33(42)22-30)48-47-35(24(6)50)40(52)44-37-27(9-3)15-12-16-28(37)10-4/h11-22,34-35H,7-10H2,1-6H3,(H,43,51)(H,44,52). The molecule has 0 fully saturated rings. The first-order chi connectivity index (χ1) is 24.9. The number of ketones is 2. The van der Waals surface area contributed by atoms with Crippen molar-refractivity contribution in [2.45, 2.75) is 79.3 Å². The number of amides is 2. The number of benzene rings is 4. The van der Waals surface area contributed by atoms with Gasteiger partial charge in [0, 0.05) is 11.4 Å². The molecule has 4 aromatic carbocycles. The summed E-state index contributed by atoms with van der Waals surface area (Å²) in [6, 6.07) is 19.1. The normalized spacial score (nSPS) is 12.5. The Hall–Kier alpha value is -5.06. The van der Waals surface area contributed by atoms with Gasteiger partial charge in [-0.25, -0.2) is 0 Å². The van der Waals surface area contributed by atoms with E-state index in [0.717, 1.165) is 40.7 Å². The predicted octanol–water partition coefficient (Wildman–Crippen LogP) is 10.3. The maximum atomic E-state index is 13.2. The zero-order valence-electron chi connectivity index (χ0n) is 30.1. The molecule has 2 unspecified atom stereocenters. The topological polar surface area (TPSA) is 142 Å². The monoisotopic (exact) mass is 740 g/mol. The first kappa shape index (κ1) is 39.7. The molecular weight excluding hydrogens is 699 g/mol. The molecule has 0 radical (unpaired) electrons. The molecule has 4 aromatic rings. The number of Topliss-reactive ketones (excluding diaryl/α,β-unsaturated/α-hetero) is 2. The highest BCUT2D eigenvalue weighted by Crippen LogP contribution is 2.38. The van der Waals surface area contributed by atoms with Gasteiger partial charge in [-0.1, -0.05) is 99.4 Å². The van der Waals surface area contributed by atoms with Crippen molar-refractivity contribution < 1.29 is 19.2 Å². The van der Waals surface area contributed by atoms with E-state index in [0.29, 0.717) is 35.5 Å². The minimum Gasteiger partial charge on any atom is -0.323 e.